The first-order valence-electron chi connectivity index (χ1n) is 15.9. The number of halogens is 4. The zero-order valence-electron chi connectivity index (χ0n) is 26.3. The molecule has 0 aliphatic carbocycles. The summed E-state index contributed by atoms with van der Waals surface area (Å²) in [5, 5.41) is 2.76. The van der Waals surface area contributed by atoms with Crippen LogP contribution in [-0.2, 0) is 28.6 Å². The van der Waals surface area contributed by atoms with Crippen molar-refractivity contribution in [2.45, 2.75) is 63.2 Å². The molecule has 0 spiro atoms. The van der Waals surface area contributed by atoms with Crippen molar-refractivity contribution in [2.75, 3.05) is 57.9 Å². The minimum absolute atomic E-state index is 0.0357. The summed E-state index contributed by atoms with van der Waals surface area (Å²) < 4.78 is 41.2. The number of carbonyl (C=O) groups excluding carboxylic acids is 3. The van der Waals surface area contributed by atoms with E-state index in [9.17, 15) is 27.6 Å². The van der Waals surface area contributed by atoms with Gasteiger partial charge < -0.3 is 30.7 Å². The van der Waals surface area contributed by atoms with Crippen LogP contribution in [0.1, 0.15) is 48.8 Å². The number of hydrogen-bond donors (Lipinski definition) is 2. The number of amides is 4. The van der Waals surface area contributed by atoms with Crippen molar-refractivity contribution in [3.05, 3.63) is 58.1 Å². The molecule has 2 aromatic rings. The molecule has 1 unspecified atom stereocenters. The highest BCUT2D eigenvalue weighted by atomic mass is 35.5. The average Bonchev–Trinajstić information content (AvgIpc) is 3.19. The number of carbonyl (C=O) groups is 3. The molecule has 0 radical (unpaired) electrons. The number of rotatable bonds is 7. The first-order chi connectivity index (χ1) is 21.8. The quantitative estimate of drug-likeness (QED) is 0.401. The Labute approximate surface area is 272 Å². The summed E-state index contributed by atoms with van der Waals surface area (Å²) in [5.41, 5.74) is 6.13. The fourth-order valence-electron chi connectivity index (χ4n) is 6.92. The number of likely N-dealkylation sites (tertiary alicyclic amines) is 2. The van der Waals surface area contributed by atoms with Gasteiger partial charge in [-0.15, -0.1) is 0 Å². The van der Waals surface area contributed by atoms with Crippen LogP contribution >= 0.6 is 11.6 Å². The van der Waals surface area contributed by atoms with Crippen molar-refractivity contribution in [3.8, 4) is 0 Å². The van der Waals surface area contributed by atoms with E-state index in [-0.39, 0.29) is 47.3 Å². The van der Waals surface area contributed by atoms with Crippen LogP contribution in [0, 0.1) is 5.92 Å². The Hall–Kier alpha value is -3.51. The molecular weight excluding hydrogens is 621 g/mol. The molecule has 46 heavy (non-hydrogen) atoms. The Morgan fingerprint density at radius 2 is 1.67 bits per heavy atom. The van der Waals surface area contributed by atoms with E-state index in [2.05, 4.69) is 10.2 Å². The first kappa shape index (κ1) is 33.8. The summed E-state index contributed by atoms with van der Waals surface area (Å²) in [7, 11) is 3.99. The molecule has 13 heteroatoms. The summed E-state index contributed by atoms with van der Waals surface area (Å²) in [4.78, 5) is 47.9. The highest BCUT2D eigenvalue weighted by Gasteiger charge is 2.37. The summed E-state index contributed by atoms with van der Waals surface area (Å²) in [6, 6.07) is 10.2. The largest absolute Gasteiger partial charge is 0.418 e. The highest BCUT2D eigenvalue weighted by Crippen LogP contribution is 2.38. The molecule has 9 nitrogen and oxygen atoms in total. The number of hydrogen-bond acceptors (Lipinski definition) is 5. The second-order valence-corrected chi connectivity index (χ2v) is 13.2. The van der Waals surface area contributed by atoms with E-state index >= 15 is 0 Å². The molecule has 250 valence electrons. The molecule has 2 fully saturated rings. The monoisotopic (exact) mass is 662 g/mol. The summed E-state index contributed by atoms with van der Waals surface area (Å²) in [5.74, 6) is -1.34. The van der Waals surface area contributed by atoms with Crippen LogP contribution < -0.4 is 11.1 Å². The van der Waals surface area contributed by atoms with Crippen LogP contribution in [0.4, 0.5) is 29.3 Å². The number of para-hydroxylation sites is 1. The zero-order chi connectivity index (χ0) is 33.2. The van der Waals surface area contributed by atoms with E-state index in [0.717, 1.165) is 36.6 Å². The number of piperidine rings is 2. The normalized spacial score (nSPS) is 19.1. The molecule has 5 rings (SSSR count). The maximum atomic E-state index is 13.9. The van der Waals surface area contributed by atoms with Gasteiger partial charge in [-0.3, -0.25) is 9.59 Å². The Morgan fingerprint density at radius 1 is 1.02 bits per heavy atom. The third-order valence-corrected chi connectivity index (χ3v) is 9.97. The van der Waals surface area contributed by atoms with Gasteiger partial charge in [-0.05, 0) is 81.9 Å². The minimum atomic E-state index is -4.72. The smallest absolute Gasteiger partial charge is 0.397 e. The van der Waals surface area contributed by atoms with Crippen LogP contribution in [-0.4, -0.2) is 96.3 Å². The van der Waals surface area contributed by atoms with Gasteiger partial charge in [-0.1, -0.05) is 29.8 Å². The topological polar surface area (TPSA) is 102 Å². The lowest BCUT2D eigenvalue weighted by Crippen LogP contribution is -2.51. The zero-order valence-corrected chi connectivity index (χ0v) is 27.0. The second-order valence-electron chi connectivity index (χ2n) is 12.8. The fraction of sp³-hybridized carbons (Fsp3) is 0.545. The predicted octanol–water partition coefficient (Wildman–Crippen LogP) is 5.12. The number of urea groups is 1. The van der Waals surface area contributed by atoms with E-state index in [0.29, 0.717) is 51.6 Å². The van der Waals surface area contributed by atoms with Gasteiger partial charge >= 0.3 is 12.2 Å². The summed E-state index contributed by atoms with van der Waals surface area (Å²) >= 11 is 6.10. The van der Waals surface area contributed by atoms with Gasteiger partial charge in [0.1, 0.15) is 0 Å². The highest BCUT2D eigenvalue weighted by molar-refractivity contribution is 6.33. The number of fused-ring (bicyclic) bond motifs is 1. The van der Waals surface area contributed by atoms with Crippen molar-refractivity contribution >= 4 is 40.8 Å². The van der Waals surface area contributed by atoms with Crippen molar-refractivity contribution < 1.29 is 27.6 Å². The summed E-state index contributed by atoms with van der Waals surface area (Å²) in [6.07, 6.45) is -1.48. The standard InChI is InChI=1S/C33H42ClF3N6O3/c1-40(2)24-8-14-42(15-9-24)31(45)23(17-21-18-26(33(35,36)37)30(38)27(34)19-21)20-29(44)41-12-10-25(11-13-41)43-16-7-22-5-3-4-6-28(22)39-32(43)46/h3-6,18-19,23-25H,7-17,20,38H2,1-2H3,(H,39,46). The minimum Gasteiger partial charge on any atom is -0.397 e. The van der Waals surface area contributed by atoms with E-state index in [1.54, 1.807) is 9.80 Å². The summed E-state index contributed by atoms with van der Waals surface area (Å²) in [6.45, 7) is 2.43. The Morgan fingerprint density at radius 3 is 2.33 bits per heavy atom. The number of anilines is 2. The van der Waals surface area contributed by atoms with Crippen molar-refractivity contribution in [2.24, 2.45) is 5.92 Å². The van der Waals surface area contributed by atoms with Gasteiger partial charge in [0, 0.05) is 56.9 Å². The van der Waals surface area contributed by atoms with Crippen LogP contribution in [0.2, 0.25) is 5.02 Å². The Kier molecular flexibility index (Phi) is 10.4. The van der Waals surface area contributed by atoms with Crippen molar-refractivity contribution in [1.29, 1.82) is 0 Å². The lowest BCUT2D eigenvalue weighted by atomic mass is 9.91. The Balaban J connectivity index is 1.27. The molecule has 0 aromatic heterocycles. The SMILES string of the molecule is CN(C)C1CCN(C(=O)C(CC(=O)N2CCC(N3CCc4ccccc4NC3=O)CC2)Cc2cc(Cl)c(N)c(C(F)(F)F)c2)CC1. The number of nitrogen functional groups attached to an aromatic ring is 1. The van der Waals surface area contributed by atoms with Gasteiger partial charge in [0.2, 0.25) is 11.8 Å². The van der Waals surface area contributed by atoms with E-state index in [1.165, 1.54) is 6.07 Å². The molecule has 0 saturated carbocycles. The van der Waals surface area contributed by atoms with E-state index in [4.69, 9.17) is 17.3 Å². The van der Waals surface area contributed by atoms with Gasteiger partial charge in [-0.2, -0.15) is 13.2 Å². The van der Waals surface area contributed by atoms with Crippen LogP contribution in [0.15, 0.2) is 36.4 Å². The van der Waals surface area contributed by atoms with Gasteiger partial charge in [0.05, 0.1) is 22.2 Å². The number of benzene rings is 2. The van der Waals surface area contributed by atoms with Gasteiger partial charge in [-0.25, -0.2) is 4.79 Å². The number of nitrogens with one attached hydrogen (secondary N) is 1. The molecular formula is C33H42ClF3N6O3. The third kappa shape index (κ3) is 7.71. The van der Waals surface area contributed by atoms with Gasteiger partial charge in [0.25, 0.3) is 0 Å². The van der Waals surface area contributed by atoms with Crippen molar-refractivity contribution in [3.63, 3.8) is 0 Å². The molecule has 2 aromatic carbocycles. The Bertz CT molecular complexity index is 1440. The predicted molar refractivity (Wildman–Crippen MR) is 171 cm³/mol. The molecule has 4 amide bonds. The number of alkyl halides is 3. The van der Waals surface area contributed by atoms with Crippen LogP contribution in [0.5, 0.6) is 0 Å². The maximum absolute atomic E-state index is 13.9. The van der Waals surface area contributed by atoms with Gasteiger partial charge in [0.15, 0.2) is 0 Å². The van der Waals surface area contributed by atoms with Crippen LogP contribution in [0.3, 0.4) is 0 Å². The molecule has 3 aliphatic rings. The molecule has 0 bridgehead atoms. The number of nitrogens with two attached hydrogens (primary N) is 1. The van der Waals surface area contributed by atoms with E-state index in [1.807, 2.05) is 43.3 Å². The van der Waals surface area contributed by atoms with E-state index < -0.39 is 23.3 Å². The van der Waals surface area contributed by atoms with Crippen LogP contribution in [0.25, 0.3) is 0 Å². The first-order valence-corrected chi connectivity index (χ1v) is 16.2. The lowest BCUT2D eigenvalue weighted by molar-refractivity contribution is -0.143. The third-order valence-electron chi connectivity index (χ3n) is 9.65. The fourth-order valence-corrected chi connectivity index (χ4v) is 7.17. The number of nitrogens with zero attached hydrogens (tertiary/aromatic N) is 4. The maximum Gasteiger partial charge on any atom is 0.418 e. The molecule has 2 saturated heterocycles. The second kappa shape index (κ2) is 14.1. The van der Waals surface area contributed by atoms with Crippen molar-refractivity contribution in [1.82, 2.24) is 19.6 Å². The molecule has 3 heterocycles. The molecule has 3 aliphatic heterocycles. The lowest BCUT2D eigenvalue weighted by Gasteiger charge is -2.39. The average molecular weight is 663 g/mol. The molecule has 1 atom stereocenters. The molecule has 3 N–H and O–H groups in total.